The van der Waals surface area contributed by atoms with Gasteiger partial charge in [-0.25, -0.2) is 4.79 Å². The second-order valence-electron chi connectivity index (χ2n) is 3.98. The molecule has 2 aromatic rings. The summed E-state index contributed by atoms with van der Waals surface area (Å²) in [4.78, 5) is 11.2. The first-order valence-corrected chi connectivity index (χ1v) is 6.85. The average Bonchev–Trinajstić information content (AvgIpc) is 2.67. The number of hydrogen-bond acceptors (Lipinski definition) is 4. The summed E-state index contributed by atoms with van der Waals surface area (Å²) in [7, 11) is 0. The summed E-state index contributed by atoms with van der Waals surface area (Å²) in [5.74, 6) is -1.02. The lowest BCUT2D eigenvalue weighted by atomic mass is 10.2. The fourth-order valence-corrected chi connectivity index (χ4v) is 2.80. The molecular formula is C12H10Cl2N2O2S. The molecule has 0 bridgehead atoms. The Hall–Kier alpha value is -1.30. The van der Waals surface area contributed by atoms with Crippen molar-refractivity contribution in [2.45, 2.75) is 13.8 Å². The average molecular weight is 317 g/mol. The molecule has 2 rings (SSSR count). The molecule has 0 aliphatic carbocycles. The number of benzene rings is 1. The third kappa shape index (κ3) is 2.83. The molecule has 0 atom stereocenters. The highest BCUT2D eigenvalue weighted by molar-refractivity contribution is 7.10. The van der Waals surface area contributed by atoms with Crippen LogP contribution in [-0.4, -0.2) is 15.4 Å². The van der Waals surface area contributed by atoms with Crippen LogP contribution in [0.25, 0.3) is 0 Å². The van der Waals surface area contributed by atoms with Crippen LogP contribution >= 0.6 is 34.7 Å². The summed E-state index contributed by atoms with van der Waals surface area (Å²) in [5.41, 5.74) is 2.03. The molecular weight excluding hydrogens is 307 g/mol. The van der Waals surface area contributed by atoms with Crippen molar-refractivity contribution in [2.24, 2.45) is 0 Å². The van der Waals surface area contributed by atoms with Gasteiger partial charge in [0.1, 0.15) is 10.6 Å². The van der Waals surface area contributed by atoms with Crippen LogP contribution in [0.1, 0.15) is 21.6 Å². The van der Waals surface area contributed by atoms with E-state index >= 15 is 0 Å². The Balaban J connectivity index is 2.42. The van der Waals surface area contributed by atoms with Gasteiger partial charge in [-0.3, -0.25) is 0 Å². The van der Waals surface area contributed by atoms with Crippen LogP contribution in [0.15, 0.2) is 12.1 Å². The summed E-state index contributed by atoms with van der Waals surface area (Å²) >= 11 is 13.2. The number of halogens is 2. The highest BCUT2D eigenvalue weighted by Crippen LogP contribution is 2.34. The van der Waals surface area contributed by atoms with Gasteiger partial charge in [0, 0.05) is 5.02 Å². The van der Waals surface area contributed by atoms with Gasteiger partial charge in [-0.05, 0) is 43.1 Å². The predicted octanol–water partition coefficient (Wildman–Crippen LogP) is 4.51. The van der Waals surface area contributed by atoms with E-state index in [4.69, 9.17) is 28.3 Å². The van der Waals surface area contributed by atoms with E-state index in [2.05, 4.69) is 9.69 Å². The molecule has 0 aliphatic heterocycles. The number of anilines is 2. The molecule has 1 aromatic heterocycles. The Morgan fingerprint density at radius 1 is 1.32 bits per heavy atom. The first kappa shape index (κ1) is 14.1. The number of carbonyl (C=O) groups is 1. The van der Waals surface area contributed by atoms with E-state index < -0.39 is 5.97 Å². The zero-order valence-electron chi connectivity index (χ0n) is 10.1. The van der Waals surface area contributed by atoms with Crippen molar-refractivity contribution in [2.75, 3.05) is 5.32 Å². The van der Waals surface area contributed by atoms with E-state index in [1.165, 1.54) is 0 Å². The largest absolute Gasteiger partial charge is 0.478 e. The van der Waals surface area contributed by atoms with Gasteiger partial charge in [0.05, 0.1) is 16.4 Å². The highest BCUT2D eigenvalue weighted by atomic mass is 35.5. The molecule has 0 aliphatic rings. The lowest BCUT2D eigenvalue weighted by Gasteiger charge is -2.09. The van der Waals surface area contributed by atoms with Crippen molar-refractivity contribution >= 4 is 51.4 Å². The topological polar surface area (TPSA) is 62.2 Å². The number of nitrogens with one attached hydrogen (secondary N) is 1. The van der Waals surface area contributed by atoms with Crippen LogP contribution in [0.4, 0.5) is 10.7 Å². The summed E-state index contributed by atoms with van der Waals surface area (Å²) in [6.45, 7) is 3.49. The monoisotopic (exact) mass is 316 g/mol. The molecule has 4 nitrogen and oxygen atoms in total. The van der Waals surface area contributed by atoms with Crippen molar-refractivity contribution < 1.29 is 9.90 Å². The molecule has 0 spiro atoms. The summed E-state index contributed by atoms with van der Waals surface area (Å²) in [5, 5.41) is 13.6. The molecule has 0 fully saturated rings. The fourth-order valence-electron chi connectivity index (χ4n) is 1.57. The molecule has 1 heterocycles. The lowest BCUT2D eigenvalue weighted by Crippen LogP contribution is -2.01. The van der Waals surface area contributed by atoms with Gasteiger partial charge in [-0.1, -0.05) is 23.2 Å². The van der Waals surface area contributed by atoms with Gasteiger partial charge in [0.25, 0.3) is 0 Å². The van der Waals surface area contributed by atoms with Crippen LogP contribution in [0.3, 0.4) is 0 Å². The number of aromatic nitrogens is 1. The SMILES string of the molecule is Cc1cc(Cl)c(Nc2snc(C)c2C(=O)O)cc1Cl. The predicted molar refractivity (Wildman–Crippen MR) is 78.3 cm³/mol. The van der Waals surface area contributed by atoms with Gasteiger partial charge < -0.3 is 10.4 Å². The minimum atomic E-state index is -1.02. The van der Waals surface area contributed by atoms with Gasteiger partial charge >= 0.3 is 5.97 Å². The number of aryl methyl sites for hydroxylation is 2. The van der Waals surface area contributed by atoms with Crippen LogP contribution in [0.2, 0.25) is 10.0 Å². The van der Waals surface area contributed by atoms with E-state index in [1.807, 2.05) is 6.92 Å². The van der Waals surface area contributed by atoms with Gasteiger partial charge in [0.2, 0.25) is 0 Å². The smallest absolute Gasteiger partial charge is 0.340 e. The Bertz CT molecular complexity index is 655. The number of nitrogens with zero attached hydrogens (tertiary/aromatic N) is 1. The Morgan fingerprint density at radius 3 is 2.63 bits per heavy atom. The first-order chi connectivity index (χ1) is 8.90. The third-order valence-corrected chi connectivity index (χ3v) is 4.15. The fraction of sp³-hybridized carbons (Fsp3) is 0.167. The van der Waals surface area contributed by atoms with E-state index in [1.54, 1.807) is 19.1 Å². The van der Waals surface area contributed by atoms with Crippen LogP contribution in [-0.2, 0) is 0 Å². The number of carboxylic acids is 1. The zero-order chi connectivity index (χ0) is 14.2. The quantitative estimate of drug-likeness (QED) is 0.874. The Morgan fingerprint density at radius 2 is 2.00 bits per heavy atom. The van der Waals surface area contributed by atoms with Gasteiger partial charge in [0.15, 0.2) is 0 Å². The number of hydrogen-bond donors (Lipinski definition) is 2. The third-order valence-electron chi connectivity index (χ3n) is 2.57. The second kappa shape index (κ2) is 5.36. The normalized spacial score (nSPS) is 10.5. The standard InChI is InChI=1S/C12H10Cl2N2O2S/c1-5-3-8(14)9(4-7(5)13)15-11-10(12(17)18)6(2)16-19-11/h3-4,15H,1-2H3,(H,17,18). The van der Waals surface area contributed by atoms with E-state index in [0.717, 1.165) is 17.1 Å². The van der Waals surface area contributed by atoms with Gasteiger partial charge in [-0.2, -0.15) is 4.37 Å². The summed E-state index contributed by atoms with van der Waals surface area (Å²) < 4.78 is 4.03. The molecule has 19 heavy (non-hydrogen) atoms. The molecule has 0 saturated heterocycles. The highest BCUT2D eigenvalue weighted by Gasteiger charge is 2.18. The van der Waals surface area contributed by atoms with E-state index in [-0.39, 0.29) is 5.56 Å². The molecule has 7 heteroatoms. The van der Waals surface area contributed by atoms with Crippen molar-refractivity contribution in [3.63, 3.8) is 0 Å². The maximum atomic E-state index is 11.2. The van der Waals surface area contributed by atoms with Crippen LogP contribution < -0.4 is 5.32 Å². The maximum absolute atomic E-state index is 11.2. The molecule has 0 radical (unpaired) electrons. The van der Waals surface area contributed by atoms with Gasteiger partial charge in [-0.15, -0.1) is 0 Å². The van der Waals surface area contributed by atoms with Crippen LogP contribution in [0.5, 0.6) is 0 Å². The molecule has 0 saturated carbocycles. The van der Waals surface area contributed by atoms with Crippen molar-refractivity contribution in [1.82, 2.24) is 4.37 Å². The van der Waals surface area contributed by atoms with Crippen LogP contribution in [0, 0.1) is 13.8 Å². The second-order valence-corrected chi connectivity index (χ2v) is 5.57. The zero-order valence-corrected chi connectivity index (χ0v) is 12.4. The molecule has 0 unspecified atom stereocenters. The maximum Gasteiger partial charge on any atom is 0.340 e. The molecule has 2 N–H and O–H groups in total. The molecule has 1 aromatic carbocycles. The van der Waals surface area contributed by atoms with E-state index in [0.29, 0.717) is 26.4 Å². The van der Waals surface area contributed by atoms with Crippen molar-refractivity contribution in [1.29, 1.82) is 0 Å². The Labute approximate surface area is 124 Å². The lowest BCUT2D eigenvalue weighted by molar-refractivity contribution is 0.0697. The number of carboxylic acid groups (broad SMARTS) is 1. The number of rotatable bonds is 3. The van der Waals surface area contributed by atoms with Crippen molar-refractivity contribution in [3.05, 3.63) is 39.0 Å². The summed E-state index contributed by atoms with van der Waals surface area (Å²) in [6, 6.07) is 3.39. The first-order valence-electron chi connectivity index (χ1n) is 5.32. The molecule has 0 amide bonds. The summed E-state index contributed by atoms with van der Waals surface area (Å²) in [6.07, 6.45) is 0. The van der Waals surface area contributed by atoms with Crippen molar-refractivity contribution in [3.8, 4) is 0 Å². The Kier molecular flexibility index (Phi) is 3.99. The minimum Gasteiger partial charge on any atom is -0.478 e. The minimum absolute atomic E-state index is 0.151. The molecule has 100 valence electrons. The van der Waals surface area contributed by atoms with E-state index in [9.17, 15) is 4.79 Å². The number of aromatic carboxylic acids is 1.